The van der Waals surface area contributed by atoms with Gasteiger partial charge in [0.1, 0.15) is 0 Å². The Balaban J connectivity index is 0. The minimum atomic E-state index is -0.737. The van der Waals surface area contributed by atoms with Crippen molar-refractivity contribution in [3.8, 4) is 0 Å². The van der Waals surface area contributed by atoms with Gasteiger partial charge >= 0.3 is 5.97 Å². The van der Waals surface area contributed by atoms with E-state index in [0.29, 0.717) is 0 Å². The summed E-state index contributed by atoms with van der Waals surface area (Å²) in [4.78, 5) is 23.1. The summed E-state index contributed by atoms with van der Waals surface area (Å²) >= 11 is 0. The van der Waals surface area contributed by atoms with E-state index in [1.165, 1.54) is 7.11 Å². The topological polar surface area (TPSA) is 81.4 Å². The van der Waals surface area contributed by atoms with E-state index >= 15 is 0 Å². The second kappa shape index (κ2) is 8.32. The van der Waals surface area contributed by atoms with E-state index in [-0.39, 0.29) is 36.7 Å². The highest BCUT2D eigenvalue weighted by atomic mass is 35.5. The highest BCUT2D eigenvalue weighted by molar-refractivity contribution is 5.85. The summed E-state index contributed by atoms with van der Waals surface area (Å²) in [5, 5.41) is 2.69. The number of nitrogens with one attached hydrogen (secondary N) is 1. The van der Waals surface area contributed by atoms with Gasteiger partial charge in [0.05, 0.1) is 18.6 Å². The van der Waals surface area contributed by atoms with Gasteiger partial charge in [-0.1, -0.05) is 20.3 Å². The number of halogens is 1. The molecule has 0 heterocycles. The number of amides is 1. The zero-order chi connectivity index (χ0) is 13.6. The summed E-state index contributed by atoms with van der Waals surface area (Å²) in [5.74, 6) is -0.456. The number of ether oxygens (including phenoxy) is 1. The quantitative estimate of drug-likeness (QED) is 0.714. The van der Waals surface area contributed by atoms with E-state index in [2.05, 4.69) is 10.1 Å². The highest BCUT2D eigenvalue weighted by Gasteiger charge is 2.30. The van der Waals surface area contributed by atoms with Crippen LogP contribution in [0.25, 0.3) is 0 Å². The van der Waals surface area contributed by atoms with E-state index in [4.69, 9.17) is 5.73 Å². The van der Waals surface area contributed by atoms with Gasteiger partial charge in [0.25, 0.3) is 0 Å². The molecule has 2 unspecified atom stereocenters. The maximum Gasteiger partial charge on any atom is 0.313 e. The largest absolute Gasteiger partial charge is 0.469 e. The molecule has 0 fully saturated rings. The molecule has 3 N–H and O–H groups in total. The van der Waals surface area contributed by atoms with E-state index < -0.39 is 11.5 Å². The molecule has 1 amide bonds. The third kappa shape index (κ3) is 5.69. The molecule has 0 saturated heterocycles. The van der Waals surface area contributed by atoms with Crippen LogP contribution in [0, 0.1) is 11.3 Å². The molecule has 18 heavy (non-hydrogen) atoms. The fraction of sp³-hybridized carbons (Fsp3) is 0.833. The lowest BCUT2D eigenvalue weighted by atomic mass is 9.93. The van der Waals surface area contributed by atoms with Crippen LogP contribution in [0.1, 0.15) is 34.1 Å². The first kappa shape index (κ1) is 19.5. The minimum absolute atomic E-state index is 0. The molecule has 0 aromatic rings. The van der Waals surface area contributed by atoms with E-state index in [1.807, 2.05) is 13.8 Å². The van der Waals surface area contributed by atoms with Gasteiger partial charge in [-0.3, -0.25) is 9.59 Å². The Labute approximate surface area is 115 Å². The van der Waals surface area contributed by atoms with Crippen LogP contribution >= 0.6 is 12.4 Å². The number of rotatable bonds is 6. The Hall–Kier alpha value is -0.810. The maximum atomic E-state index is 11.7. The Kier molecular flexibility index (Phi) is 9.03. The zero-order valence-electron chi connectivity index (χ0n) is 11.8. The molecule has 0 aliphatic carbocycles. The van der Waals surface area contributed by atoms with Crippen molar-refractivity contribution >= 4 is 24.3 Å². The van der Waals surface area contributed by atoms with E-state index in [9.17, 15) is 9.59 Å². The molecular formula is C12H25ClN2O3. The summed E-state index contributed by atoms with van der Waals surface area (Å²) in [5.41, 5.74) is 5.04. The van der Waals surface area contributed by atoms with Crippen molar-refractivity contribution in [1.82, 2.24) is 5.32 Å². The molecule has 0 spiro atoms. The van der Waals surface area contributed by atoms with Crippen molar-refractivity contribution in [3.63, 3.8) is 0 Å². The van der Waals surface area contributed by atoms with Gasteiger partial charge in [-0.15, -0.1) is 12.4 Å². The van der Waals surface area contributed by atoms with Crippen molar-refractivity contribution in [3.05, 3.63) is 0 Å². The first-order chi connectivity index (χ1) is 7.76. The molecule has 0 aliphatic heterocycles. The number of hydrogen-bond donors (Lipinski definition) is 2. The Bertz CT molecular complexity index is 282. The first-order valence-electron chi connectivity index (χ1n) is 5.88. The normalized spacial score (nSPS) is 14.1. The molecule has 0 aromatic carbocycles. The van der Waals surface area contributed by atoms with Gasteiger partial charge < -0.3 is 15.8 Å². The average molecular weight is 281 g/mol. The summed E-state index contributed by atoms with van der Waals surface area (Å²) in [6, 6.07) is -0.534. The molecule has 108 valence electrons. The third-order valence-corrected chi connectivity index (χ3v) is 3.00. The molecular weight excluding hydrogens is 256 g/mol. The fourth-order valence-corrected chi connectivity index (χ4v) is 1.29. The van der Waals surface area contributed by atoms with Gasteiger partial charge in [-0.25, -0.2) is 0 Å². The second-order valence-electron chi connectivity index (χ2n) is 5.00. The number of methoxy groups -OCH3 is 1. The van der Waals surface area contributed by atoms with Gasteiger partial charge in [-0.05, 0) is 19.8 Å². The monoisotopic (exact) mass is 280 g/mol. The van der Waals surface area contributed by atoms with E-state index in [1.54, 1.807) is 13.8 Å². The van der Waals surface area contributed by atoms with Gasteiger partial charge in [-0.2, -0.15) is 0 Å². The smallest absolute Gasteiger partial charge is 0.313 e. The maximum absolute atomic E-state index is 11.7. The molecule has 0 aliphatic rings. The second-order valence-corrected chi connectivity index (χ2v) is 5.00. The molecule has 0 rings (SSSR count). The average Bonchev–Trinajstić information content (AvgIpc) is 2.32. The van der Waals surface area contributed by atoms with Crippen molar-refractivity contribution in [2.24, 2.45) is 17.1 Å². The van der Waals surface area contributed by atoms with Crippen molar-refractivity contribution in [2.75, 3.05) is 13.7 Å². The molecule has 0 radical (unpaired) electrons. The number of carbonyl (C=O) groups excluding carboxylic acids is 2. The summed E-state index contributed by atoms with van der Waals surface area (Å²) in [6.45, 7) is 7.57. The predicted molar refractivity (Wildman–Crippen MR) is 73.5 cm³/mol. The SMILES string of the molecule is CCC(C)C(N)C(=O)NCC(C)(C)C(=O)OC.Cl. The van der Waals surface area contributed by atoms with Gasteiger partial charge in [0.15, 0.2) is 0 Å². The van der Waals surface area contributed by atoms with Gasteiger partial charge in [0, 0.05) is 6.54 Å². The first-order valence-corrected chi connectivity index (χ1v) is 5.88. The minimum Gasteiger partial charge on any atom is -0.469 e. The standard InChI is InChI=1S/C12H24N2O3.ClH/c1-6-8(2)9(13)10(15)14-7-12(3,4)11(16)17-5;/h8-9H,6-7,13H2,1-5H3,(H,14,15);1H. The van der Waals surface area contributed by atoms with E-state index in [0.717, 1.165) is 6.42 Å². The Morgan fingerprint density at radius 3 is 2.28 bits per heavy atom. The molecule has 0 aromatic heterocycles. The van der Waals surface area contributed by atoms with Crippen LogP contribution in [0.15, 0.2) is 0 Å². The summed E-state index contributed by atoms with van der Waals surface area (Å²) in [6.07, 6.45) is 0.842. The number of carbonyl (C=O) groups is 2. The zero-order valence-corrected chi connectivity index (χ0v) is 12.6. The summed E-state index contributed by atoms with van der Waals surface area (Å²) < 4.78 is 4.65. The van der Waals surface area contributed by atoms with Crippen LogP contribution in [0.2, 0.25) is 0 Å². The fourth-order valence-electron chi connectivity index (χ4n) is 1.29. The summed E-state index contributed by atoms with van der Waals surface area (Å²) in [7, 11) is 1.33. The lowest BCUT2D eigenvalue weighted by molar-refractivity contribution is -0.150. The van der Waals surface area contributed by atoms with Crippen LogP contribution in [-0.4, -0.2) is 31.6 Å². The Morgan fingerprint density at radius 2 is 1.89 bits per heavy atom. The lowest BCUT2D eigenvalue weighted by Gasteiger charge is -2.24. The molecule has 0 bridgehead atoms. The van der Waals surface area contributed by atoms with Crippen LogP contribution in [-0.2, 0) is 14.3 Å². The Morgan fingerprint density at radius 1 is 1.39 bits per heavy atom. The van der Waals surface area contributed by atoms with Crippen molar-refractivity contribution < 1.29 is 14.3 Å². The predicted octanol–water partition coefficient (Wildman–Crippen LogP) is 1.10. The molecule has 2 atom stereocenters. The highest BCUT2D eigenvalue weighted by Crippen LogP contribution is 2.15. The third-order valence-electron chi connectivity index (χ3n) is 3.00. The lowest BCUT2D eigenvalue weighted by Crippen LogP contribution is -2.48. The van der Waals surface area contributed by atoms with Crippen LogP contribution < -0.4 is 11.1 Å². The van der Waals surface area contributed by atoms with Crippen molar-refractivity contribution in [1.29, 1.82) is 0 Å². The van der Waals surface area contributed by atoms with Crippen LogP contribution in [0.3, 0.4) is 0 Å². The number of esters is 1. The molecule has 6 heteroatoms. The van der Waals surface area contributed by atoms with Gasteiger partial charge in [0.2, 0.25) is 5.91 Å². The number of hydrogen-bond acceptors (Lipinski definition) is 4. The molecule has 0 saturated carbocycles. The number of nitrogens with two attached hydrogens (primary N) is 1. The van der Waals surface area contributed by atoms with Crippen molar-refractivity contribution in [2.45, 2.75) is 40.2 Å². The van der Waals surface area contributed by atoms with Crippen LogP contribution in [0.5, 0.6) is 0 Å². The molecule has 5 nitrogen and oxygen atoms in total. The van der Waals surface area contributed by atoms with Crippen LogP contribution in [0.4, 0.5) is 0 Å².